The molecule has 1 saturated heterocycles. The molecule has 0 aliphatic carbocycles. The zero-order valence-corrected chi connectivity index (χ0v) is 11.8. The summed E-state index contributed by atoms with van der Waals surface area (Å²) in [6, 6.07) is 4.12. The topological polar surface area (TPSA) is 44.7 Å². The molecule has 7 heteroatoms. The molecule has 0 bridgehead atoms. The van der Waals surface area contributed by atoms with E-state index in [-0.39, 0.29) is 6.04 Å². The molecule has 0 radical (unpaired) electrons. The number of phenolic OH excluding ortho intramolecular Hbond substituents is 1. The van der Waals surface area contributed by atoms with E-state index >= 15 is 0 Å². The Bertz CT molecular complexity index is 474. The smallest absolute Gasteiger partial charge is 0.504 e. The second-order valence-corrected chi connectivity index (χ2v) is 4.95. The standard InChI is InChI=1S/C14H19F3N2O2/c1-2-11(19-8-6-18-7-9-19)10-4-3-5-12(13(10)20)21-14(15,16)17/h3-5,11,18,20H,2,6-9H2,1H3/t11-/m0/s1. The molecule has 0 amide bonds. The highest BCUT2D eigenvalue weighted by molar-refractivity contribution is 5.47. The summed E-state index contributed by atoms with van der Waals surface area (Å²) in [6.45, 7) is 5.19. The van der Waals surface area contributed by atoms with E-state index < -0.39 is 17.9 Å². The molecule has 0 unspecified atom stereocenters. The summed E-state index contributed by atoms with van der Waals surface area (Å²) in [5.41, 5.74) is 0.473. The monoisotopic (exact) mass is 304 g/mol. The molecule has 4 nitrogen and oxygen atoms in total. The van der Waals surface area contributed by atoms with Crippen molar-refractivity contribution in [3.05, 3.63) is 23.8 Å². The number of alkyl halides is 3. The summed E-state index contributed by atoms with van der Waals surface area (Å²) in [5, 5.41) is 13.3. The number of nitrogens with zero attached hydrogens (tertiary/aromatic N) is 1. The van der Waals surface area contributed by atoms with E-state index in [1.807, 2.05) is 6.92 Å². The second-order valence-electron chi connectivity index (χ2n) is 4.95. The van der Waals surface area contributed by atoms with E-state index in [1.54, 1.807) is 6.07 Å². The number of aromatic hydroxyl groups is 1. The van der Waals surface area contributed by atoms with E-state index in [0.29, 0.717) is 12.0 Å². The van der Waals surface area contributed by atoms with E-state index in [4.69, 9.17) is 0 Å². The van der Waals surface area contributed by atoms with E-state index in [2.05, 4.69) is 15.0 Å². The van der Waals surface area contributed by atoms with Crippen LogP contribution in [0.15, 0.2) is 18.2 Å². The number of rotatable bonds is 4. The first kappa shape index (κ1) is 15.9. The summed E-state index contributed by atoms with van der Waals surface area (Å²) < 4.78 is 40.9. The molecule has 1 aliphatic heterocycles. The molecule has 1 aromatic rings. The number of para-hydroxylation sites is 1. The van der Waals surface area contributed by atoms with Crippen LogP contribution in [0, 0.1) is 0 Å². The van der Waals surface area contributed by atoms with Gasteiger partial charge in [-0.25, -0.2) is 0 Å². The Morgan fingerprint density at radius 1 is 1.33 bits per heavy atom. The summed E-state index contributed by atoms with van der Waals surface area (Å²) >= 11 is 0. The number of halogens is 3. The van der Waals surface area contributed by atoms with Crippen LogP contribution >= 0.6 is 0 Å². The first-order valence-electron chi connectivity index (χ1n) is 6.94. The highest BCUT2D eigenvalue weighted by atomic mass is 19.4. The van der Waals surface area contributed by atoms with Gasteiger partial charge in [0, 0.05) is 37.8 Å². The lowest BCUT2D eigenvalue weighted by Gasteiger charge is -2.35. The van der Waals surface area contributed by atoms with Gasteiger partial charge in [-0.2, -0.15) is 0 Å². The average Bonchev–Trinajstić information content (AvgIpc) is 2.43. The fourth-order valence-corrected chi connectivity index (χ4v) is 2.68. The molecule has 21 heavy (non-hydrogen) atoms. The van der Waals surface area contributed by atoms with Gasteiger partial charge in [0.1, 0.15) is 0 Å². The van der Waals surface area contributed by atoms with Crippen molar-refractivity contribution in [2.45, 2.75) is 25.7 Å². The molecular weight excluding hydrogens is 285 g/mol. The van der Waals surface area contributed by atoms with Crippen LogP contribution in [0.4, 0.5) is 13.2 Å². The summed E-state index contributed by atoms with van der Waals surface area (Å²) in [6.07, 6.45) is -4.12. The molecule has 1 aromatic carbocycles. The molecule has 0 saturated carbocycles. The van der Waals surface area contributed by atoms with Crippen molar-refractivity contribution in [2.75, 3.05) is 26.2 Å². The number of benzene rings is 1. The van der Waals surface area contributed by atoms with Crippen LogP contribution in [-0.2, 0) is 0 Å². The van der Waals surface area contributed by atoms with Crippen molar-refractivity contribution in [1.29, 1.82) is 0 Å². The number of hydrogen-bond acceptors (Lipinski definition) is 4. The molecule has 2 rings (SSSR count). The molecule has 1 heterocycles. The van der Waals surface area contributed by atoms with Crippen LogP contribution in [0.3, 0.4) is 0 Å². The third-order valence-corrected chi connectivity index (χ3v) is 3.59. The van der Waals surface area contributed by atoms with Crippen LogP contribution in [-0.4, -0.2) is 42.5 Å². The minimum absolute atomic E-state index is 0.121. The van der Waals surface area contributed by atoms with Crippen molar-refractivity contribution in [3.63, 3.8) is 0 Å². The molecule has 2 N–H and O–H groups in total. The Hall–Kier alpha value is -1.47. The highest BCUT2D eigenvalue weighted by Crippen LogP contribution is 2.39. The molecule has 1 atom stereocenters. The maximum absolute atomic E-state index is 12.3. The normalized spacial score (nSPS) is 18.5. The Morgan fingerprint density at radius 2 is 2.00 bits per heavy atom. The van der Waals surface area contributed by atoms with Gasteiger partial charge in [-0.1, -0.05) is 19.1 Å². The van der Waals surface area contributed by atoms with Gasteiger partial charge < -0.3 is 15.2 Å². The Balaban J connectivity index is 2.26. The Kier molecular flexibility index (Phi) is 4.95. The summed E-state index contributed by atoms with van der Waals surface area (Å²) in [4.78, 5) is 2.16. The van der Waals surface area contributed by atoms with Gasteiger partial charge in [0.15, 0.2) is 11.5 Å². The van der Waals surface area contributed by atoms with Crippen LogP contribution in [0.25, 0.3) is 0 Å². The molecule has 1 fully saturated rings. The van der Waals surface area contributed by atoms with Crippen molar-refractivity contribution in [3.8, 4) is 11.5 Å². The largest absolute Gasteiger partial charge is 0.573 e. The van der Waals surface area contributed by atoms with Crippen LogP contribution in [0.2, 0.25) is 0 Å². The van der Waals surface area contributed by atoms with Gasteiger partial charge >= 0.3 is 6.36 Å². The molecule has 118 valence electrons. The molecule has 1 aliphatic rings. The fraction of sp³-hybridized carbons (Fsp3) is 0.571. The van der Waals surface area contributed by atoms with Crippen molar-refractivity contribution < 1.29 is 23.0 Å². The Morgan fingerprint density at radius 3 is 2.57 bits per heavy atom. The van der Waals surface area contributed by atoms with Crippen molar-refractivity contribution in [1.82, 2.24) is 10.2 Å². The molecular formula is C14H19F3N2O2. The van der Waals surface area contributed by atoms with E-state index in [1.165, 1.54) is 6.07 Å². The minimum Gasteiger partial charge on any atom is -0.504 e. The lowest BCUT2D eigenvalue weighted by Crippen LogP contribution is -2.45. The average molecular weight is 304 g/mol. The minimum atomic E-state index is -4.81. The van der Waals surface area contributed by atoms with Gasteiger partial charge in [0.2, 0.25) is 0 Å². The van der Waals surface area contributed by atoms with Crippen LogP contribution in [0.5, 0.6) is 11.5 Å². The maximum atomic E-state index is 12.3. The number of phenols is 1. The molecule has 0 aromatic heterocycles. The SMILES string of the molecule is CC[C@@H](c1cccc(OC(F)(F)F)c1O)N1CCNCC1. The third kappa shape index (κ3) is 4.01. The second kappa shape index (κ2) is 6.53. The van der Waals surface area contributed by atoms with Gasteiger partial charge in [-0.3, -0.25) is 4.90 Å². The first-order chi connectivity index (χ1) is 9.92. The fourth-order valence-electron chi connectivity index (χ4n) is 2.68. The van der Waals surface area contributed by atoms with E-state index in [9.17, 15) is 18.3 Å². The zero-order chi connectivity index (χ0) is 15.5. The van der Waals surface area contributed by atoms with Gasteiger partial charge in [0.25, 0.3) is 0 Å². The van der Waals surface area contributed by atoms with Crippen LogP contribution < -0.4 is 10.1 Å². The third-order valence-electron chi connectivity index (χ3n) is 3.59. The quantitative estimate of drug-likeness (QED) is 0.897. The predicted molar refractivity (Wildman–Crippen MR) is 72.3 cm³/mol. The predicted octanol–water partition coefficient (Wildman–Crippen LogP) is 2.65. The number of nitrogens with one attached hydrogen (secondary N) is 1. The lowest BCUT2D eigenvalue weighted by molar-refractivity contribution is -0.275. The highest BCUT2D eigenvalue weighted by Gasteiger charge is 2.33. The van der Waals surface area contributed by atoms with E-state index in [0.717, 1.165) is 32.2 Å². The Labute approximate surface area is 121 Å². The number of ether oxygens (including phenoxy) is 1. The summed E-state index contributed by atoms with van der Waals surface area (Å²) in [7, 11) is 0. The lowest BCUT2D eigenvalue weighted by atomic mass is 10.0. The van der Waals surface area contributed by atoms with Gasteiger partial charge in [-0.05, 0) is 12.5 Å². The van der Waals surface area contributed by atoms with Crippen molar-refractivity contribution >= 4 is 0 Å². The number of hydrogen-bond donors (Lipinski definition) is 2. The van der Waals surface area contributed by atoms with Gasteiger partial charge in [-0.15, -0.1) is 13.2 Å². The molecule has 0 spiro atoms. The first-order valence-corrected chi connectivity index (χ1v) is 6.94. The zero-order valence-electron chi connectivity index (χ0n) is 11.8. The number of piperazine rings is 1. The summed E-state index contributed by atoms with van der Waals surface area (Å²) in [5.74, 6) is -0.978. The van der Waals surface area contributed by atoms with Gasteiger partial charge in [0.05, 0.1) is 0 Å². The van der Waals surface area contributed by atoms with Crippen LogP contribution in [0.1, 0.15) is 24.9 Å². The maximum Gasteiger partial charge on any atom is 0.573 e. The van der Waals surface area contributed by atoms with Crippen molar-refractivity contribution in [2.24, 2.45) is 0 Å².